The lowest BCUT2D eigenvalue weighted by molar-refractivity contribution is 0.0468. The first-order valence-corrected chi connectivity index (χ1v) is 8.37. The third-order valence-corrected chi connectivity index (χ3v) is 4.78. The van der Waals surface area contributed by atoms with Crippen LogP contribution in [0, 0.1) is 12.8 Å². The van der Waals surface area contributed by atoms with Crippen LogP contribution in [0.15, 0.2) is 16.0 Å². The quantitative estimate of drug-likeness (QED) is 0.901. The van der Waals surface area contributed by atoms with E-state index in [0.29, 0.717) is 35.6 Å². The SMILES string of the molecule is COc1ccsc1C(=O)N[C@@H](c1nc(C)no1)C1CCOCC1. The summed E-state index contributed by atoms with van der Waals surface area (Å²) in [7, 11) is 1.55. The Morgan fingerprint density at radius 1 is 1.48 bits per heavy atom. The number of carbonyl (C=O) groups excluding carboxylic acids is 1. The van der Waals surface area contributed by atoms with Crippen molar-refractivity contribution in [2.45, 2.75) is 25.8 Å². The van der Waals surface area contributed by atoms with E-state index in [0.717, 1.165) is 12.8 Å². The molecule has 0 saturated carbocycles. The Morgan fingerprint density at radius 3 is 2.91 bits per heavy atom. The van der Waals surface area contributed by atoms with E-state index in [1.807, 2.05) is 5.38 Å². The number of hydrogen-bond donors (Lipinski definition) is 1. The van der Waals surface area contributed by atoms with Crippen molar-refractivity contribution < 1.29 is 18.8 Å². The number of methoxy groups -OCH3 is 1. The summed E-state index contributed by atoms with van der Waals surface area (Å²) in [5.74, 6) is 1.58. The van der Waals surface area contributed by atoms with Gasteiger partial charge in [-0.05, 0) is 37.1 Å². The molecule has 23 heavy (non-hydrogen) atoms. The van der Waals surface area contributed by atoms with Gasteiger partial charge in [-0.2, -0.15) is 4.98 Å². The van der Waals surface area contributed by atoms with Crippen molar-refractivity contribution in [3.63, 3.8) is 0 Å². The van der Waals surface area contributed by atoms with Crippen molar-refractivity contribution in [2.24, 2.45) is 5.92 Å². The highest BCUT2D eigenvalue weighted by Crippen LogP contribution is 2.31. The lowest BCUT2D eigenvalue weighted by Crippen LogP contribution is -2.36. The first-order chi connectivity index (χ1) is 11.2. The van der Waals surface area contributed by atoms with E-state index in [9.17, 15) is 4.79 Å². The Bertz CT molecular complexity index is 663. The number of rotatable bonds is 5. The van der Waals surface area contributed by atoms with Gasteiger partial charge in [-0.1, -0.05) is 5.16 Å². The number of amides is 1. The first kappa shape index (κ1) is 15.9. The number of hydrogen-bond acceptors (Lipinski definition) is 7. The summed E-state index contributed by atoms with van der Waals surface area (Å²) in [6, 6.07) is 1.46. The summed E-state index contributed by atoms with van der Waals surface area (Å²) in [6.45, 7) is 3.11. The zero-order valence-electron chi connectivity index (χ0n) is 13.1. The number of ether oxygens (including phenoxy) is 2. The summed E-state index contributed by atoms with van der Waals surface area (Å²) >= 11 is 1.34. The van der Waals surface area contributed by atoms with Crippen molar-refractivity contribution in [1.29, 1.82) is 0 Å². The average molecular weight is 337 g/mol. The van der Waals surface area contributed by atoms with E-state index in [4.69, 9.17) is 14.0 Å². The fourth-order valence-corrected chi connectivity index (χ4v) is 3.46. The standard InChI is InChI=1S/C15H19N3O4S/c1-9-16-15(22-18-9)12(10-3-6-21-7-4-10)17-14(19)13-11(20-2)5-8-23-13/h5,8,10,12H,3-4,6-7H2,1-2H3,(H,17,19)/t12-/m1/s1. The zero-order chi connectivity index (χ0) is 16.2. The molecule has 1 aliphatic heterocycles. The minimum absolute atomic E-state index is 0.191. The molecule has 2 aromatic rings. The number of aryl methyl sites for hydroxylation is 1. The van der Waals surface area contributed by atoms with Crippen LogP contribution in [0.1, 0.15) is 40.3 Å². The molecule has 7 nitrogen and oxygen atoms in total. The van der Waals surface area contributed by atoms with E-state index in [2.05, 4.69) is 15.5 Å². The molecule has 0 aromatic carbocycles. The van der Waals surface area contributed by atoms with E-state index in [1.165, 1.54) is 11.3 Å². The second-order valence-corrected chi connectivity index (χ2v) is 6.31. The van der Waals surface area contributed by atoms with Gasteiger partial charge in [0.2, 0.25) is 5.89 Å². The third kappa shape index (κ3) is 3.53. The van der Waals surface area contributed by atoms with Crippen molar-refractivity contribution >= 4 is 17.2 Å². The molecule has 1 N–H and O–H groups in total. The van der Waals surface area contributed by atoms with Crippen LogP contribution in [0.25, 0.3) is 0 Å². The molecule has 0 aliphatic carbocycles. The maximum absolute atomic E-state index is 12.6. The van der Waals surface area contributed by atoms with Crippen LogP contribution in [0.5, 0.6) is 5.75 Å². The van der Waals surface area contributed by atoms with Crippen LogP contribution in [0.3, 0.4) is 0 Å². The van der Waals surface area contributed by atoms with Gasteiger partial charge in [-0.15, -0.1) is 11.3 Å². The number of carbonyl (C=O) groups is 1. The topological polar surface area (TPSA) is 86.5 Å². The monoisotopic (exact) mass is 337 g/mol. The molecule has 1 aliphatic rings. The normalized spacial score (nSPS) is 17.0. The lowest BCUT2D eigenvalue weighted by Gasteiger charge is -2.28. The molecule has 0 spiro atoms. The molecule has 3 rings (SSSR count). The van der Waals surface area contributed by atoms with Crippen LogP contribution in [0.4, 0.5) is 0 Å². The van der Waals surface area contributed by atoms with Gasteiger partial charge in [0.05, 0.1) is 7.11 Å². The second kappa shape index (κ2) is 7.10. The van der Waals surface area contributed by atoms with Gasteiger partial charge < -0.3 is 19.3 Å². The molecule has 1 saturated heterocycles. The molecule has 0 unspecified atom stereocenters. The first-order valence-electron chi connectivity index (χ1n) is 7.49. The molecule has 2 aromatic heterocycles. The van der Waals surface area contributed by atoms with Gasteiger partial charge >= 0.3 is 0 Å². The summed E-state index contributed by atoms with van der Waals surface area (Å²) in [5.41, 5.74) is 0. The Balaban J connectivity index is 1.82. The van der Waals surface area contributed by atoms with E-state index >= 15 is 0 Å². The van der Waals surface area contributed by atoms with Gasteiger partial charge in [-0.3, -0.25) is 4.79 Å². The van der Waals surface area contributed by atoms with E-state index < -0.39 is 0 Å². The van der Waals surface area contributed by atoms with E-state index in [-0.39, 0.29) is 17.9 Å². The minimum Gasteiger partial charge on any atom is -0.495 e. The van der Waals surface area contributed by atoms with Crippen LogP contribution in [0.2, 0.25) is 0 Å². The van der Waals surface area contributed by atoms with Gasteiger partial charge in [-0.25, -0.2) is 0 Å². The Labute approximate surface area is 138 Å². The Hall–Kier alpha value is -1.93. The van der Waals surface area contributed by atoms with Crippen LogP contribution < -0.4 is 10.1 Å². The zero-order valence-corrected chi connectivity index (χ0v) is 13.9. The number of thiophene rings is 1. The predicted molar refractivity (Wildman–Crippen MR) is 83.7 cm³/mol. The van der Waals surface area contributed by atoms with Gasteiger partial charge in [0.25, 0.3) is 5.91 Å². The Morgan fingerprint density at radius 2 is 2.26 bits per heavy atom. The largest absolute Gasteiger partial charge is 0.495 e. The number of nitrogens with zero attached hydrogens (tertiary/aromatic N) is 2. The molecule has 0 bridgehead atoms. The molecule has 1 fully saturated rings. The van der Waals surface area contributed by atoms with Crippen LogP contribution in [-0.2, 0) is 4.74 Å². The molecule has 124 valence electrons. The smallest absolute Gasteiger partial charge is 0.265 e. The summed E-state index contributed by atoms with van der Waals surface area (Å²) in [4.78, 5) is 17.5. The highest BCUT2D eigenvalue weighted by Gasteiger charge is 2.32. The molecule has 8 heteroatoms. The predicted octanol–water partition coefficient (Wildman–Crippen LogP) is 2.35. The summed E-state index contributed by atoms with van der Waals surface area (Å²) in [6.07, 6.45) is 1.68. The maximum Gasteiger partial charge on any atom is 0.265 e. The number of aromatic nitrogens is 2. The van der Waals surface area contributed by atoms with Crippen molar-refractivity contribution in [2.75, 3.05) is 20.3 Å². The lowest BCUT2D eigenvalue weighted by atomic mass is 9.91. The summed E-state index contributed by atoms with van der Waals surface area (Å²) < 4.78 is 15.9. The second-order valence-electron chi connectivity index (χ2n) is 5.40. The van der Waals surface area contributed by atoms with Crippen molar-refractivity contribution in [1.82, 2.24) is 15.5 Å². The van der Waals surface area contributed by atoms with E-state index in [1.54, 1.807) is 20.1 Å². The molecular formula is C15H19N3O4S. The average Bonchev–Trinajstić information content (AvgIpc) is 3.21. The highest BCUT2D eigenvalue weighted by molar-refractivity contribution is 7.12. The van der Waals surface area contributed by atoms with Gasteiger partial charge in [0.15, 0.2) is 5.82 Å². The van der Waals surface area contributed by atoms with Crippen molar-refractivity contribution in [3.05, 3.63) is 28.0 Å². The van der Waals surface area contributed by atoms with Crippen molar-refractivity contribution in [3.8, 4) is 5.75 Å². The number of nitrogens with one attached hydrogen (secondary N) is 1. The maximum atomic E-state index is 12.6. The molecule has 1 atom stereocenters. The van der Waals surface area contributed by atoms with Crippen LogP contribution in [-0.4, -0.2) is 36.4 Å². The van der Waals surface area contributed by atoms with Crippen LogP contribution >= 0.6 is 11.3 Å². The highest BCUT2D eigenvalue weighted by atomic mass is 32.1. The van der Waals surface area contributed by atoms with Gasteiger partial charge in [0.1, 0.15) is 16.7 Å². The summed E-state index contributed by atoms with van der Waals surface area (Å²) in [5, 5.41) is 8.71. The van der Waals surface area contributed by atoms with Gasteiger partial charge in [0, 0.05) is 13.2 Å². The molecular weight excluding hydrogens is 318 g/mol. The minimum atomic E-state index is -0.320. The fourth-order valence-electron chi connectivity index (χ4n) is 2.70. The fraction of sp³-hybridized carbons (Fsp3) is 0.533. The molecule has 0 radical (unpaired) electrons. The Kier molecular flexibility index (Phi) is 4.92. The third-order valence-electron chi connectivity index (χ3n) is 3.89. The molecule has 1 amide bonds. The molecule has 3 heterocycles.